The third-order valence-corrected chi connectivity index (χ3v) is 5.37. The Morgan fingerprint density at radius 3 is 2.32 bits per heavy atom. The van der Waals surface area contributed by atoms with Gasteiger partial charge in [0.25, 0.3) is 0 Å². The van der Waals surface area contributed by atoms with Crippen LogP contribution in [0.1, 0.15) is 39.0 Å². The second-order valence-electron chi connectivity index (χ2n) is 7.09. The summed E-state index contributed by atoms with van der Waals surface area (Å²) in [6, 6.07) is 0.0264. The molecule has 0 aromatic rings. The lowest BCUT2D eigenvalue weighted by Crippen LogP contribution is -2.44. The van der Waals surface area contributed by atoms with E-state index in [1.54, 1.807) is 6.08 Å². The average Bonchev–Trinajstić information content (AvgIpc) is 2.34. The molecular weight excluding hydrogens is 236 g/mol. The first-order valence-electron chi connectivity index (χ1n) is 7.83. The fourth-order valence-electron chi connectivity index (χ4n) is 4.80. The molecule has 4 rings (SSSR count). The first kappa shape index (κ1) is 13.2. The molecule has 3 N–H and O–H groups in total. The maximum absolute atomic E-state index is 11.7. The first-order valence-corrected chi connectivity index (χ1v) is 7.83. The summed E-state index contributed by atoms with van der Waals surface area (Å²) in [6.45, 7) is 2.46. The van der Waals surface area contributed by atoms with Crippen molar-refractivity contribution in [2.75, 3.05) is 6.54 Å². The minimum Gasteiger partial charge on any atom is -0.351 e. The molecule has 19 heavy (non-hydrogen) atoms. The van der Waals surface area contributed by atoms with Crippen LogP contribution in [0.4, 0.5) is 0 Å². The molecule has 0 radical (unpaired) electrons. The van der Waals surface area contributed by atoms with Crippen LogP contribution >= 0.6 is 0 Å². The van der Waals surface area contributed by atoms with Crippen LogP contribution in [-0.4, -0.2) is 18.5 Å². The molecule has 0 aromatic carbocycles. The molecule has 0 aliphatic heterocycles. The molecule has 0 spiro atoms. The van der Waals surface area contributed by atoms with E-state index < -0.39 is 0 Å². The van der Waals surface area contributed by atoms with Crippen LogP contribution in [0.15, 0.2) is 12.2 Å². The van der Waals surface area contributed by atoms with Gasteiger partial charge in [-0.15, -0.1) is 0 Å². The molecule has 3 heteroatoms. The van der Waals surface area contributed by atoms with Crippen molar-refractivity contribution in [2.24, 2.45) is 35.3 Å². The van der Waals surface area contributed by atoms with E-state index in [0.29, 0.717) is 12.5 Å². The first-order chi connectivity index (χ1) is 9.11. The standard InChI is InChI=1S/C16H26N2O/c1-10(17)9-18-16(19)3-2-15-13-5-11-4-12(7-13)8-14(15)6-11/h2-3,10-15H,4-9,17H2,1H3,(H,18,19)/b3-2+. The number of hydrogen-bond donors (Lipinski definition) is 2. The normalized spacial score (nSPS) is 41.7. The van der Waals surface area contributed by atoms with Gasteiger partial charge in [0.2, 0.25) is 5.91 Å². The lowest BCUT2D eigenvalue weighted by atomic mass is 9.52. The SMILES string of the molecule is CC(N)CNC(=O)/C=C/C1C2CC3CC(C2)CC1C3. The van der Waals surface area contributed by atoms with E-state index in [4.69, 9.17) is 5.73 Å². The fourth-order valence-corrected chi connectivity index (χ4v) is 4.80. The molecule has 1 unspecified atom stereocenters. The Bertz CT molecular complexity index is 347. The maximum atomic E-state index is 11.7. The van der Waals surface area contributed by atoms with Gasteiger partial charge in [0, 0.05) is 12.6 Å². The highest BCUT2D eigenvalue weighted by Gasteiger charge is 2.47. The summed E-state index contributed by atoms with van der Waals surface area (Å²) in [5.41, 5.74) is 5.64. The van der Waals surface area contributed by atoms with Crippen molar-refractivity contribution >= 4 is 5.91 Å². The lowest BCUT2D eigenvalue weighted by Gasteiger charge is -2.53. The van der Waals surface area contributed by atoms with E-state index in [1.165, 1.54) is 32.1 Å². The van der Waals surface area contributed by atoms with Gasteiger partial charge in [-0.05, 0) is 74.7 Å². The van der Waals surface area contributed by atoms with Crippen LogP contribution in [0.3, 0.4) is 0 Å². The highest BCUT2D eigenvalue weighted by atomic mass is 16.1. The van der Waals surface area contributed by atoms with Gasteiger partial charge in [-0.25, -0.2) is 0 Å². The molecular formula is C16H26N2O. The van der Waals surface area contributed by atoms with E-state index in [0.717, 1.165) is 23.7 Å². The van der Waals surface area contributed by atoms with E-state index in [9.17, 15) is 4.79 Å². The topological polar surface area (TPSA) is 55.1 Å². The van der Waals surface area contributed by atoms with E-state index >= 15 is 0 Å². The van der Waals surface area contributed by atoms with Gasteiger partial charge in [0.05, 0.1) is 0 Å². The molecule has 1 atom stereocenters. The summed E-state index contributed by atoms with van der Waals surface area (Å²) in [5.74, 6) is 4.39. The van der Waals surface area contributed by atoms with Crippen molar-refractivity contribution in [3.63, 3.8) is 0 Å². The summed E-state index contributed by atoms with van der Waals surface area (Å²) in [4.78, 5) is 11.7. The van der Waals surface area contributed by atoms with Crippen LogP contribution in [0.5, 0.6) is 0 Å². The van der Waals surface area contributed by atoms with Gasteiger partial charge < -0.3 is 11.1 Å². The van der Waals surface area contributed by atoms with Crippen LogP contribution in [0.25, 0.3) is 0 Å². The highest BCUT2D eigenvalue weighted by Crippen LogP contribution is 2.56. The molecule has 106 valence electrons. The zero-order valence-electron chi connectivity index (χ0n) is 11.8. The van der Waals surface area contributed by atoms with Crippen molar-refractivity contribution in [1.82, 2.24) is 5.32 Å². The van der Waals surface area contributed by atoms with Crippen molar-refractivity contribution in [3.8, 4) is 0 Å². The molecule has 4 fully saturated rings. The van der Waals surface area contributed by atoms with Gasteiger partial charge in [-0.2, -0.15) is 0 Å². The number of rotatable bonds is 4. The average molecular weight is 262 g/mol. The lowest BCUT2D eigenvalue weighted by molar-refractivity contribution is -0.116. The van der Waals surface area contributed by atoms with Crippen LogP contribution in [0, 0.1) is 29.6 Å². The van der Waals surface area contributed by atoms with E-state index in [1.807, 2.05) is 6.92 Å². The Balaban J connectivity index is 1.56. The third kappa shape index (κ3) is 2.86. The van der Waals surface area contributed by atoms with Crippen molar-refractivity contribution in [3.05, 3.63) is 12.2 Å². The smallest absolute Gasteiger partial charge is 0.243 e. The number of carbonyl (C=O) groups excluding carboxylic acids is 1. The molecule has 4 bridgehead atoms. The summed E-state index contributed by atoms with van der Waals surface area (Å²) < 4.78 is 0. The zero-order chi connectivity index (χ0) is 13.4. The number of hydrogen-bond acceptors (Lipinski definition) is 2. The monoisotopic (exact) mass is 262 g/mol. The molecule has 3 nitrogen and oxygen atoms in total. The summed E-state index contributed by atoms with van der Waals surface area (Å²) in [6.07, 6.45) is 11.1. The molecule has 4 aliphatic carbocycles. The molecule has 4 aliphatic rings. The second-order valence-corrected chi connectivity index (χ2v) is 7.09. The number of nitrogens with two attached hydrogens (primary N) is 1. The highest BCUT2D eigenvalue weighted by molar-refractivity contribution is 5.87. The minimum atomic E-state index is 0.0195. The Morgan fingerprint density at radius 2 is 1.79 bits per heavy atom. The molecule has 4 saturated carbocycles. The minimum absolute atomic E-state index is 0.0195. The predicted octanol–water partition coefficient (Wildman–Crippen LogP) is 2.08. The van der Waals surface area contributed by atoms with E-state index in [-0.39, 0.29) is 11.9 Å². The van der Waals surface area contributed by atoms with Crippen molar-refractivity contribution in [2.45, 2.75) is 45.1 Å². The third-order valence-electron chi connectivity index (χ3n) is 5.37. The molecule has 1 amide bonds. The zero-order valence-corrected chi connectivity index (χ0v) is 11.8. The second kappa shape index (κ2) is 5.28. The number of amides is 1. The summed E-state index contributed by atoms with van der Waals surface area (Å²) in [7, 11) is 0. The van der Waals surface area contributed by atoms with Crippen molar-refractivity contribution in [1.29, 1.82) is 0 Å². The fraction of sp³-hybridized carbons (Fsp3) is 0.812. The number of carbonyl (C=O) groups is 1. The van der Waals surface area contributed by atoms with Crippen molar-refractivity contribution < 1.29 is 4.79 Å². The van der Waals surface area contributed by atoms with Crippen LogP contribution in [-0.2, 0) is 4.79 Å². The Hall–Kier alpha value is -0.830. The summed E-state index contributed by atoms with van der Waals surface area (Å²) in [5, 5.41) is 2.85. The van der Waals surface area contributed by atoms with Gasteiger partial charge in [0.15, 0.2) is 0 Å². The molecule has 0 heterocycles. The van der Waals surface area contributed by atoms with Crippen LogP contribution < -0.4 is 11.1 Å². The van der Waals surface area contributed by atoms with Gasteiger partial charge in [-0.3, -0.25) is 4.79 Å². The van der Waals surface area contributed by atoms with Gasteiger partial charge in [-0.1, -0.05) is 6.08 Å². The Labute approximate surface area is 116 Å². The Kier molecular flexibility index (Phi) is 3.66. The Morgan fingerprint density at radius 1 is 1.21 bits per heavy atom. The maximum Gasteiger partial charge on any atom is 0.243 e. The molecule has 0 saturated heterocycles. The largest absolute Gasteiger partial charge is 0.351 e. The van der Waals surface area contributed by atoms with Gasteiger partial charge >= 0.3 is 0 Å². The number of nitrogens with one attached hydrogen (secondary N) is 1. The number of allylic oxidation sites excluding steroid dienone is 1. The van der Waals surface area contributed by atoms with Crippen LogP contribution in [0.2, 0.25) is 0 Å². The summed E-state index contributed by atoms with van der Waals surface area (Å²) >= 11 is 0. The van der Waals surface area contributed by atoms with E-state index in [2.05, 4.69) is 11.4 Å². The quantitative estimate of drug-likeness (QED) is 0.762. The van der Waals surface area contributed by atoms with Gasteiger partial charge in [0.1, 0.15) is 0 Å². The predicted molar refractivity (Wildman–Crippen MR) is 76.3 cm³/mol. The molecule has 0 aromatic heterocycles.